The minimum atomic E-state index is -0.254. The van der Waals surface area contributed by atoms with Gasteiger partial charge in [0.05, 0.1) is 11.8 Å². The highest BCUT2D eigenvalue weighted by Gasteiger charge is 2.56. The number of aromatic nitrogens is 2. The number of nitrogens with zero attached hydrogens (tertiary/aromatic N) is 3. The first-order valence-electron chi connectivity index (χ1n) is 8.74. The van der Waals surface area contributed by atoms with E-state index < -0.39 is 0 Å². The van der Waals surface area contributed by atoms with E-state index in [1.807, 2.05) is 6.92 Å². The second kappa shape index (κ2) is 6.33. The zero-order valence-electron chi connectivity index (χ0n) is 14.0. The summed E-state index contributed by atoms with van der Waals surface area (Å²) in [7, 11) is 0. The van der Waals surface area contributed by atoms with E-state index in [-0.39, 0.29) is 54.4 Å². The normalized spacial score (nSPS) is 30.0. The molecule has 1 aromatic heterocycles. The third kappa shape index (κ3) is 2.78. The van der Waals surface area contributed by atoms with Crippen molar-refractivity contribution in [2.24, 2.45) is 23.7 Å². The Morgan fingerprint density at radius 1 is 1.20 bits per heavy atom. The minimum absolute atomic E-state index is 0.0840. The Balaban J connectivity index is 1.37. The number of carbonyl (C=O) groups excluding carboxylic acids is 3. The second-order valence-corrected chi connectivity index (χ2v) is 7.88. The maximum Gasteiger partial charge on any atom is 0.233 e. The lowest BCUT2D eigenvalue weighted by Crippen LogP contribution is -2.38. The predicted octanol–water partition coefficient (Wildman–Crippen LogP) is 1.63. The molecule has 1 N–H and O–H groups in total. The summed E-state index contributed by atoms with van der Waals surface area (Å²) < 4.78 is 0. The summed E-state index contributed by atoms with van der Waals surface area (Å²) in [4.78, 5) is 38.7. The third-order valence-electron chi connectivity index (χ3n) is 5.43. The van der Waals surface area contributed by atoms with Crippen LogP contribution in [0.15, 0.2) is 12.2 Å². The van der Waals surface area contributed by atoms with Crippen molar-refractivity contribution in [3.05, 3.63) is 17.2 Å². The molecule has 3 aliphatic carbocycles. The van der Waals surface area contributed by atoms with E-state index in [4.69, 9.17) is 0 Å². The van der Waals surface area contributed by atoms with Crippen LogP contribution in [0.5, 0.6) is 0 Å². The monoisotopic (exact) mass is 360 g/mol. The molecule has 7 nitrogen and oxygen atoms in total. The molecule has 1 aromatic rings. The predicted molar refractivity (Wildman–Crippen MR) is 91.6 cm³/mol. The molecular weight excluding hydrogens is 340 g/mol. The van der Waals surface area contributed by atoms with E-state index in [1.54, 1.807) is 0 Å². The first-order valence-corrected chi connectivity index (χ1v) is 9.56. The van der Waals surface area contributed by atoms with Crippen molar-refractivity contribution in [3.63, 3.8) is 0 Å². The van der Waals surface area contributed by atoms with Gasteiger partial charge in [-0.25, -0.2) is 0 Å². The molecule has 0 unspecified atom stereocenters. The van der Waals surface area contributed by atoms with Crippen LogP contribution in [0.25, 0.3) is 0 Å². The molecule has 0 radical (unpaired) electrons. The highest BCUT2D eigenvalue weighted by atomic mass is 32.1. The van der Waals surface area contributed by atoms with Crippen LogP contribution >= 0.6 is 11.3 Å². The van der Waals surface area contributed by atoms with E-state index in [0.717, 1.165) is 24.3 Å². The van der Waals surface area contributed by atoms with E-state index in [9.17, 15) is 14.4 Å². The number of aryl methyl sites for hydroxylation is 1. The summed E-state index contributed by atoms with van der Waals surface area (Å²) in [5, 5.41) is 11.9. The van der Waals surface area contributed by atoms with Gasteiger partial charge in [-0.1, -0.05) is 30.4 Å². The zero-order valence-corrected chi connectivity index (χ0v) is 14.8. The Hall–Kier alpha value is -2.09. The van der Waals surface area contributed by atoms with Crippen LogP contribution in [0.4, 0.5) is 5.13 Å². The molecule has 4 atom stereocenters. The molecule has 132 valence electrons. The molecule has 2 bridgehead atoms. The molecular formula is C17H20N4O3S. The van der Waals surface area contributed by atoms with E-state index in [0.29, 0.717) is 5.13 Å². The molecule has 1 saturated heterocycles. The van der Waals surface area contributed by atoms with Crippen molar-refractivity contribution in [2.45, 2.75) is 32.6 Å². The van der Waals surface area contributed by atoms with Crippen LogP contribution in [0, 0.1) is 23.7 Å². The Labute approximate surface area is 149 Å². The molecule has 25 heavy (non-hydrogen) atoms. The summed E-state index contributed by atoms with van der Waals surface area (Å²) in [5.74, 6) is -0.533. The van der Waals surface area contributed by atoms with Gasteiger partial charge in [-0.2, -0.15) is 0 Å². The topological polar surface area (TPSA) is 92.3 Å². The first kappa shape index (κ1) is 16.4. The molecule has 5 rings (SSSR count). The number of carbonyl (C=O) groups is 3. The number of rotatable bonds is 5. The number of anilines is 1. The van der Waals surface area contributed by atoms with Gasteiger partial charge in [0.2, 0.25) is 22.9 Å². The number of nitrogens with one attached hydrogen (secondary N) is 1. The zero-order chi connectivity index (χ0) is 17.6. The lowest BCUT2D eigenvalue weighted by atomic mass is 9.63. The third-order valence-corrected chi connectivity index (χ3v) is 6.41. The van der Waals surface area contributed by atoms with E-state index >= 15 is 0 Å². The molecule has 3 amide bonds. The van der Waals surface area contributed by atoms with Crippen LogP contribution in [0.1, 0.15) is 31.2 Å². The Bertz CT molecular complexity index is 727. The fourth-order valence-electron chi connectivity index (χ4n) is 4.20. The smallest absolute Gasteiger partial charge is 0.233 e. The summed E-state index contributed by atoms with van der Waals surface area (Å²) in [5.41, 5.74) is 0. The van der Waals surface area contributed by atoms with Crippen molar-refractivity contribution in [1.29, 1.82) is 0 Å². The van der Waals surface area contributed by atoms with Crippen LogP contribution in [0.3, 0.4) is 0 Å². The minimum Gasteiger partial charge on any atom is -0.300 e. The van der Waals surface area contributed by atoms with Gasteiger partial charge in [0.25, 0.3) is 0 Å². The number of hydrogen-bond donors (Lipinski definition) is 1. The SMILES string of the molecule is CCc1nnc(NC(=O)CCN2C(=O)[C@H]3[C@H](C2=O)[C@H]2C=C[C@H]3CC2)s1. The molecule has 1 saturated carbocycles. The molecule has 2 heterocycles. The van der Waals surface area contributed by atoms with Gasteiger partial charge >= 0.3 is 0 Å². The average Bonchev–Trinajstić information content (AvgIpc) is 3.18. The van der Waals surface area contributed by atoms with Crippen molar-refractivity contribution in [1.82, 2.24) is 15.1 Å². The molecule has 4 aliphatic rings. The molecule has 2 fully saturated rings. The Morgan fingerprint density at radius 2 is 1.84 bits per heavy atom. The fraction of sp³-hybridized carbons (Fsp3) is 0.588. The van der Waals surface area contributed by atoms with Gasteiger partial charge in [-0.15, -0.1) is 10.2 Å². The van der Waals surface area contributed by atoms with E-state index in [1.165, 1.54) is 16.2 Å². The number of likely N-dealkylation sites (tertiary alicyclic amines) is 1. The lowest BCUT2D eigenvalue weighted by Gasteiger charge is -2.38. The summed E-state index contributed by atoms with van der Waals surface area (Å²) in [6.45, 7) is 2.10. The summed E-state index contributed by atoms with van der Waals surface area (Å²) in [6, 6.07) is 0. The van der Waals surface area contributed by atoms with Crippen molar-refractivity contribution in [2.75, 3.05) is 11.9 Å². The number of fused-ring (bicyclic) bond motifs is 1. The number of allylic oxidation sites excluding steroid dienone is 2. The van der Waals surface area contributed by atoms with Crippen LogP contribution in [-0.4, -0.2) is 39.4 Å². The van der Waals surface area contributed by atoms with Gasteiger partial charge in [0.15, 0.2) is 0 Å². The largest absolute Gasteiger partial charge is 0.300 e. The maximum atomic E-state index is 12.7. The Morgan fingerprint density at radius 3 is 2.36 bits per heavy atom. The quantitative estimate of drug-likeness (QED) is 0.636. The first-order chi connectivity index (χ1) is 12.1. The van der Waals surface area contributed by atoms with Gasteiger partial charge < -0.3 is 5.32 Å². The van der Waals surface area contributed by atoms with Gasteiger partial charge in [-0.3, -0.25) is 19.3 Å². The second-order valence-electron chi connectivity index (χ2n) is 6.82. The van der Waals surface area contributed by atoms with Gasteiger partial charge in [0, 0.05) is 13.0 Å². The number of imide groups is 1. The van der Waals surface area contributed by atoms with Crippen LogP contribution in [-0.2, 0) is 20.8 Å². The van der Waals surface area contributed by atoms with Crippen molar-refractivity contribution in [3.8, 4) is 0 Å². The Kier molecular flexibility index (Phi) is 4.15. The van der Waals surface area contributed by atoms with Gasteiger partial charge in [0.1, 0.15) is 5.01 Å². The molecule has 0 aromatic carbocycles. The highest BCUT2D eigenvalue weighted by molar-refractivity contribution is 7.15. The summed E-state index contributed by atoms with van der Waals surface area (Å²) >= 11 is 1.34. The molecule has 8 heteroatoms. The van der Waals surface area contributed by atoms with Crippen molar-refractivity contribution >= 4 is 34.2 Å². The standard InChI is InChI=1S/C17H20N4O3S/c1-2-12-19-20-17(25-12)18-11(22)7-8-21-15(23)13-9-3-4-10(6-5-9)14(13)16(21)24/h3-4,9-10,13-14H,2,5-8H2,1H3,(H,18,20,22)/t9-,10-,13+,14+/m0/s1. The molecule has 1 aliphatic heterocycles. The highest BCUT2D eigenvalue weighted by Crippen LogP contribution is 2.49. The van der Waals surface area contributed by atoms with Crippen LogP contribution in [0.2, 0.25) is 0 Å². The molecule has 0 spiro atoms. The average molecular weight is 360 g/mol. The number of amides is 3. The van der Waals surface area contributed by atoms with Gasteiger partial charge in [-0.05, 0) is 31.1 Å². The van der Waals surface area contributed by atoms with Crippen LogP contribution < -0.4 is 5.32 Å². The maximum absolute atomic E-state index is 12.7. The number of hydrogen-bond acceptors (Lipinski definition) is 6. The fourth-order valence-corrected chi connectivity index (χ4v) is 4.89. The summed E-state index contributed by atoms with van der Waals surface area (Å²) in [6.07, 6.45) is 7.00. The van der Waals surface area contributed by atoms with Crippen molar-refractivity contribution < 1.29 is 14.4 Å². The lowest BCUT2D eigenvalue weighted by molar-refractivity contribution is -0.140. The van der Waals surface area contributed by atoms with E-state index in [2.05, 4.69) is 27.7 Å².